The van der Waals surface area contributed by atoms with Crippen LogP contribution in [0.2, 0.25) is 0 Å². The highest BCUT2D eigenvalue weighted by Crippen LogP contribution is 2.39. The van der Waals surface area contributed by atoms with E-state index in [1.54, 1.807) is 6.20 Å². The average molecular weight is 483 g/mol. The summed E-state index contributed by atoms with van der Waals surface area (Å²) in [6, 6.07) is 1.64. The molecule has 1 saturated carbocycles. The van der Waals surface area contributed by atoms with Crippen LogP contribution in [0.15, 0.2) is 17.6 Å². The number of amides is 1. The number of aromatic amines is 1. The highest BCUT2D eigenvalue weighted by Gasteiger charge is 2.34. The maximum Gasteiger partial charge on any atom is 0.248 e. The van der Waals surface area contributed by atoms with Gasteiger partial charge < -0.3 is 25.2 Å². The van der Waals surface area contributed by atoms with Gasteiger partial charge in [0.2, 0.25) is 23.8 Å². The van der Waals surface area contributed by atoms with E-state index in [0.717, 1.165) is 18.5 Å². The van der Waals surface area contributed by atoms with E-state index in [4.69, 9.17) is 14.7 Å². The van der Waals surface area contributed by atoms with E-state index in [0.29, 0.717) is 67.6 Å². The van der Waals surface area contributed by atoms with Crippen LogP contribution in [-0.2, 0) is 9.53 Å². The van der Waals surface area contributed by atoms with Gasteiger partial charge in [0, 0.05) is 48.9 Å². The molecule has 0 spiro atoms. The molecule has 0 unspecified atom stereocenters. The minimum atomic E-state index is -0.372. The second kappa shape index (κ2) is 9.14. The Morgan fingerprint density at radius 2 is 1.97 bits per heavy atom. The molecule has 1 amide bonds. The lowest BCUT2D eigenvalue weighted by Gasteiger charge is -2.29. The lowest BCUT2D eigenvalue weighted by atomic mass is 10.2. The van der Waals surface area contributed by atoms with Crippen molar-refractivity contribution in [3.05, 3.63) is 23.3 Å². The van der Waals surface area contributed by atoms with Gasteiger partial charge in [0.05, 0.1) is 13.2 Å². The molecule has 3 aliphatic rings. The smallest absolute Gasteiger partial charge is 0.248 e. The number of nitrogens with one attached hydrogen (secondary N) is 3. The van der Waals surface area contributed by atoms with Crippen molar-refractivity contribution in [1.29, 1.82) is 0 Å². The Morgan fingerprint density at radius 1 is 1.12 bits per heavy atom. The van der Waals surface area contributed by atoms with Gasteiger partial charge in [-0.2, -0.15) is 20.1 Å². The third-order valence-electron chi connectivity index (χ3n) is 6.24. The number of carbonyl (C=O) groups is 1. The summed E-state index contributed by atoms with van der Waals surface area (Å²) in [5.74, 6) is 2.60. The van der Waals surface area contributed by atoms with Gasteiger partial charge in [0.1, 0.15) is 6.04 Å². The maximum absolute atomic E-state index is 13.0. The molecule has 5 heterocycles. The normalized spacial score (nSPS) is 20.5. The third kappa shape index (κ3) is 4.53. The summed E-state index contributed by atoms with van der Waals surface area (Å²) in [4.78, 5) is 35.4. The van der Waals surface area contributed by atoms with Crippen LogP contribution in [0.3, 0.4) is 0 Å². The van der Waals surface area contributed by atoms with Crippen molar-refractivity contribution in [2.24, 2.45) is 0 Å². The van der Waals surface area contributed by atoms with E-state index < -0.39 is 0 Å². The molecule has 6 rings (SSSR count). The predicted octanol–water partition coefficient (Wildman–Crippen LogP) is 2.12. The van der Waals surface area contributed by atoms with Crippen LogP contribution in [0, 0.1) is 0 Å². The molecule has 1 aliphatic carbocycles. The highest BCUT2D eigenvalue weighted by molar-refractivity contribution is 7.13. The van der Waals surface area contributed by atoms with Crippen LogP contribution in [0.1, 0.15) is 37.3 Å². The number of nitrogens with zero attached hydrogens (tertiary/aromatic N) is 7. The molecular formula is C21H26N10O2S. The first kappa shape index (κ1) is 21.2. The van der Waals surface area contributed by atoms with Crippen LogP contribution < -0.4 is 20.4 Å². The van der Waals surface area contributed by atoms with Crippen LogP contribution in [0.5, 0.6) is 0 Å². The number of rotatable bonds is 7. The van der Waals surface area contributed by atoms with Crippen molar-refractivity contribution in [3.63, 3.8) is 0 Å². The Kier molecular flexibility index (Phi) is 5.71. The second-order valence-corrected chi connectivity index (χ2v) is 9.54. The first-order chi connectivity index (χ1) is 16.7. The number of anilines is 5. The molecule has 13 heteroatoms. The molecule has 12 nitrogen and oxygen atoms in total. The number of carbonyl (C=O) groups excluding carboxylic acids is 1. The molecule has 2 aliphatic heterocycles. The Balaban J connectivity index is 1.28. The molecule has 2 saturated heterocycles. The summed E-state index contributed by atoms with van der Waals surface area (Å²) in [7, 11) is 0. The van der Waals surface area contributed by atoms with Crippen LogP contribution in [0.25, 0.3) is 0 Å². The molecule has 0 bridgehead atoms. The summed E-state index contributed by atoms with van der Waals surface area (Å²) in [5.41, 5.74) is 1.13. The molecule has 0 radical (unpaired) electrons. The Bertz CT molecular complexity index is 1140. The number of hydrogen-bond acceptors (Lipinski definition) is 11. The molecule has 3 fully saturated rings. The summed E-state index contributed by atoms with van der Waals surface area (Å²) >= 11 is 1.40. The maximum atomic E-state index is 13.0. The van der Waals surface area contributed by atoms with E-state index in [1.807, 2.05) is 16.3 Å². The molecule has 3 aromatic rings. The third-order valence-corrected chi connectivity index (χ3v) is 6.92. The Hall–Kier alpha value is -3.32. The van der Waals surface area contributed by atoms with Gasteiger partial charge in [-0.3, -0.25) is 9.89 Å². The number of ether oxygens (including phenoxy) is 1. The van der Waals surface area contributed by atoms with Crippen LogP contribution >= 0.6 is 11.3 Å². The lowest BCUT2D eigenvalue weighted by Crippen LogP contribution is -2.41. The molecule has 1 atom stereocenters. The van der Waals surface area contributed by atoms with E-state index in [-0.39, 0.29) is 11.9 Å². The fraction of sp³-hybridized carbons (Fsp3) is 0.524. The second-order valence-electron chi connectivity index (χ2n) is 8.64. The van der Waals surface area contributed by atoms with E-state index >= 15 is 0 Å². The molecule has 3 N–H and O–H groups in total. The van der Waals surface area contributed by atoms with Gasteiger partial charge in [-0.25, -0.2) is 4.98 Å². The quantitative estimate of drug-likeness (QED) is 0.459. The Morgan fingerprint density at radius 3 is 2.76 bits per heavy atom. The van der Waals surface area contributed by atoms with Gasteiger partial charge in [-0.05, 0) is 25.7 Å². The van der Waals surface area contributed by atoms with Gasteiger partial charge in [0.15, 0.2) is 10.9 Å². The van der Waals surface area contributed by atoms with Crippen molar-refractivity contribution >= 4 is 46.0 Å². The Labute approximate surface area is 200 Å². The van der Waals surface area contributed by atoms with Crippen molar-refractivity contribution in [1.82, 2.24) is 30.1 Å². The largest absolute Gasteiger partial charge is 0.378 e. The summed E-state index contributed by atoms with van der Waals surface area (Å²) in [6.07, 6.45) is 5.66. The van der Waals surface area contributed by atoms with Crippen molar-refractivity contribution in [2.45, 2.75) is 37.6 Å². The van der Waals surface area contributed by atoms with Gasteiger partial charge in [-0.15, -0.1) is 11.3 Å². The van der Waals surface area contributed by atoms with E-state index in [2.05, 4.69) is 35.7 Å². The van der Waals surface area contributed by atoms with Gasteiger partial charge >= 0.3 is 0 Å². The molecule has 3 aromatic heterocycles. The monoisotopic (exact) mass is 482 g/mol. The van der Waals surface area contributed by atoms with Crippen LogP contribution in [-0.4, -0.2) is 74.9 Å². The minimum Gasteiger partial charge on any atom is -0.378 e. The number of morpholine rings is 1. The summed E-state index contributed by atoms with van der Waals surface area (Å²) in [6.45, 7) is 3.33. The van der Waals surface area contributed by atoms with E-state index in [1.165, 1.54) is 24.2 Å². The highest BCUT2D eigenvalue weighted by atomic mass is 32.1. The number of H-pyrrole nitrogens is 1. The minimum absolute atomic E-state index is 0.100. The number of aromatic nitrogens is 6. The summed E-state index contributed by atoms with van der Waals surface area (Å²) < 4.78 is 5.50. The molecular weight excluding hydrogens is 456 g/mol. The summed E-state index contributed by atoms with van der Waals surface area (Å²) in [5, 5.41) is 16.0. The van der Waals surface area contributed by atoms with E-state index in [9.17, 15) is 4.79 Å². The van der Waals surface area contributed by atoms with Crippen molar-refractivity contribution < 1.29 is 9.53 Å². The first-order valence-electron chi connectivity index (χ1n) is 11.6. The molecule has 0 aromatic carbocycles. The standard InChI is InChI=1S/C21H26N10O2S/c32-17(24-21-22-5-11-34-21)15-2-1-6-31(15)20-26-18(23-16-12-14(28-29-16)13-3-4-13)25-19(27-20)30-7-9-33-10-8-30/h5,11-13,15H,1-4,6-10H2,(H,22,24,32)(H2,23,25,26,27,28,29)/t15-/m0/s1. The fourth-order valence-electron chi connectivity index (χ4n) is 4.31. The van der Waals surface area contributed by atoms with Crippen molar-refractivity contribution in [2.75, 3.05) is 53.3 Å². The topological polar surface area (TPSA) is 137 Å². The zero-order chi connectivity index (χ0) is 22.9. The zero-order valence-corrected chi connectivity index (χ0v) is 19.4. The fourth-order valence-corrected chi connectivity index (χ4v) is 4.85. The van der Waals surface area contributed by atoms with Gasteiger partial charge in [0.25, 0.3) is 0 Å². The van der Waals surface area contributed by atoms with Crippen molar-refractivity contribution in [3.8, 4) is 0 Å². The first-order valence-corrected chi connectivity index (χ1v) is 12.5. The zero-order valence-electron chi connectivity index (χ0n) is 18.6. The van der Waals surface area contributed by atoms with Crippen LogP contribution in [0.4, 0.5) is 28.8 Å². The average Bonchev–Trinajstić information content (AvgIpc) is 3.23. The molecule has 34 heavy (non-hydrogen) atoms. The SMILES string of the molecule is O=C(Nc1nccs1)[C@@H]1CCCN1c1nc(Nc2cc(C3CC3)[nH]n2)nc(N2CCOCC2)n1. The number of thiazole rings is 1. The lowest BCUT2D eigenvalue weighted by molar-refractivity contribution is -0.117. The molecule has 178 valence electrons. The predicted molar refractivity (Wildman–Crippen MR) is 128 cm³/mol. The number of hydrogen-bond donors (Lipinski definition) is 3. The van der Waals surface area contributed by atoms with Gasteiger partial charge in [-0.1, -0.05) is 0 Å².